The molecule has 0 fully saturated rings. The average Bonchev–Trinajstić information content (AvgIpc) is 3.53. The van der Waals surface area contributed by atoms with Crippen LogP contribution in [0.2, 0.25) is 0 Å². The molecule has 0 spiro atoms. The van der Waals surface area contributed by atoms with Crippen LogP contribution in [0.4, 0.5) is 0 Å². The molecule has 172 valence electrons. The first-order valence-corrected chi connectivity index (χ1v) is 10.7. The van der Waals surface area contributed by atoms with Crippen molar-refractivity contribution in [2.75, 3.05) is 20.8 Å². The molecule has 1 N–H and O–H groups in total. The number of carbonyl (C=O) groups excluding carboxylic acids is 1. The largest absolute Gasteiger partial charge is 0.493 e. The molecule has 2 heterocycles. The van der Waals surface area contributed by atoms with Crippen LogP contribution in [0.25, 0.3) is 21.5 Å². The second kappa shape index (κ2) is 10.2. The molecule has 0 radical (unpaired) electrons. The van der Waals surface area contributed by atoms with Crippen molar-refractivity contribution in [2.45, 2.75) is 25.6 Å². The molecule has 4 aromatic rings. The second-order valence-electron chi connectivity index (χ2n) is 6.89. The molecule has 2 aromatic heterocycles. The summed E-state index contributed by atoms with van der Waals surface area (Å²) in [6.45, 7) is -0.785. The summed E-state index contributed by atoms with van der Waals surface area (Å²) in [7, 11) is 2.46. The molecular weight excluding hydrogens is 442 g/mol. The molecule has 8 heteroatoms. The van der Waals surface area contributed by atoms with Crippen LogP contribution >= 0.6 is 11.3 Å². The lowest BCUT2D eigenvalue weighted by Crippen LogP contribution is -2.31. The Bertz CT molecular complexity index is 1560. The predicted octanol–water partition coefficient (Wildman–Crippen LogP) is 4.71. The van der Waals surface area contributed by atoms with E-state index in [0.717, 1.165) is 0 Å². The van der Waals surface area contributed by atoms with Crippen molar-refractivity contribution < 1.29 is 38.1 Å². The highest BCUT2D eigenvalue weighted by atomic mass is 32.1. The van der Waals surface area contributed by atoms with E-state index in [0.29, 0.717) is 15.6 Å². The molecule has 0 saturated carbocycles. The van der Waals surface area contributed by atoms with E-state index in [4.69, 9.17) is 28.2 Å². The maximum absolute atomic E-state index is 12.0. The van der Waals surface area contributed by atoms with Crippen molar-refractivity contribution in [3.8, 4) is 17.2 Å². The fraction of sp³-hybridized carbons (Fsp3) is 0.280. The van der Waals surface area contributed by atoms with Gasteiger partial charge in [-0.3, -0.25) is 0 Å². The highest BCUT2D eigenvalue weighted by Gasteiger charge is 2.30. The van der Waals surface area contributed by atoms with Crippen LogP contribution in [-0.4, -0.2) is 42.9 Å². The van der Waals surface area contributed by atoms with Crippen molar-refractivity contribution in [1.29, 1.82) is 0 Å². The van der Waals surface area contributed by atoms with E-state index in [2.05, 4.69) is 4.98 Å². The van der Waals surface area contributed by atoms with Gasteiger partial charge in [0.15, 0.2) is 6.10 Å². The van der Waals surface area contributed by atoms with Gasteiger partial charge in [-0.2, -0.15) is 0 Å². The topological polar surface area (TPSA) is 91.0 Å². The SMILES string of the molecule is [2H]c1c([2H])c([2H])c(-c2nc(CC([2H])([2H])Oc3ccc(C(O)C(OC)C(=O)OC)c4sccc34)c(C)o2)c([2H])c1[2H]. The Labute approximate surface area is 205 Å². The van der Waals surface area contributed by atoms with Gasteiger partial charge in [-0.1, -0.05) is 24.2 Å². The number of carbonyl (C=O) groups is 1. The first-order chi connectivity index (χ1) is 18.8. The normalized spacial score (nSPS) is 16.5. The van der Waals surface area contributed by atoms with Crippen LogP contribution < -0.4 is 4.74 Å². The third kappa shape index (κ3) is 4.78. The van der Waals surface area contributed by atoms with Gasteiger partial charge in [-0.05, 0) is 36.5 Å². The number of methoxy groups -OCH3 is 2. The lowest BCUT2D eigenvalue weighted by atomic mass is 10.0. The van der Waals surface area contributed by atoms with Gasteiger partial charge in [0.05, 0.1) is 29.0 Å². The predicted molar refractivity (Wildman–Crippen MR) is 125 cm³/mol. The molecule has 0 saturated heterocycles. The van der Waals surface area contributed by atoms with Crippen molar-refractivity contribution >= 4 is 27.4 Å². The lowest BCUT2D eigenvalue weighted by Gasteiger charge is -2.20. The fourth-order valence-corrected chi connectivity index (χ4v) is 4.21. The van der Waals surface area contributed by atoms with Gasteiger partial charge >= 0.3 is 5.97 Å². The standard InChI is InChI=1S/C25H25NO6S/c1-15-19(26-24(32-15)16-7-5-4-6-8-16)11-13-31-20-10-9-18(23-17(20)12-14-33-23)21(27)22(29-2)25(28)30-3/h4-10,12,14,21-22,27H,11,13H2,1-3H3/i4D,5D,6D,7D,8D,13D2. The lowest BCUT2D eigenvalue weighted by molar-refractivity contribution is -0.159. The summed E-state index contributed by atoms with van der Waals surface area (Å²) in [5.41, 5.74) is 0.296. The molecule has 0 bridgehead atoms. The highest BCUT2D eigenvalue weighted by molar-refractivity contribution is 7.17. The van der Waals surface area contributed by atoms with Gasteiger partial charge in [-0.15, -0.1) is 11.3 Å². The number of rotatable bonds is 9. The molecule has 33 heavy (non-hydrogen) atoms. The summed E-state index contributed by atoms with van der Waals surface area (Å²) < 4.78 is 78.5. The quantitative estimate of drug-likeness (QED) is 0.351. The van der Waals surface area contributed by atoms with E-state index >= 15 is 0 Å². The number of aliphatic hydroxyl groups excluding tert-OH is 1. The van der Waals surface area contributed by atoms with Crippen molar-refractivity contribution in [2.24, 2.45) is 0 Å². The second-order valence-corrected chi connectivity index (χ2v) is 7.80. The molecule has 0 aliphatic rings. The Balaban J connectivity index is 1.63. The summed E-state index contributed by atoms with van der Waals surface area (Å²) in [5, 5.41) is 13.1. The Hall–Kier alpha value is -3.20. The van der Waals surface area contributed by atoms with E-state index in [-0.39, 0.29) is 35.1 Å². The first kappa shape index (κ1) is 15.6. The number of aryl methyl sites for hydroxylation is 2. The molecule has 7 nitrogen and oxygen atoms in total. The van der Waals surface area contributed by atoms with E-state index in [9.17, 15) is 9.90 Å². The Morgan fingerprint density at radius 1 is 1.27 bits per heavy atom. The van der Waals surface area contributed by atoms with E-state index < -0.39 is 54.9 Å². The fourth-order valence-electron chi connectivity index (χ4n) is 3.25. The van der Waals surface area contributed by atoms with Gasteiger partial charge in [-0.25, -0.2) is 9.78 Å². The summed E-state index contributed by atoms with van der Waals surface area (Å²) in [6.07, 6.45) is -2.99. The molecular formula is C25H25NO6S. The number of esters is 1. The van der Waals surface area contributed by atoms with Crippen LogP contribution in [-0.2, 0) is 20.7 Å². The minimum Gasteiger partial charge on any atom is -0.493 e. The number of ether oxygens (including phenoxy) is 3. The van der Waals surface area contributed by atoms with Gasteiger partial charge < -0.3 is 23.7 Å². The van der Waals surface area contributed by atoms with Gasteiger partial charge in [0.2, 0.25) is 5.89 Å². The summed E-state index contributed by atoms with van der Waals surface area (Å²) in [5.74, 6) is -0.599. The Morgan fingerprint density at radius 2 is 2.06 bits per heavy atom. The Kier molecular flexibility index (Phi) is 4.81. The van der Waals surface area contributed by atoms with Crippen molar-refractivity contribution in [3.63, 3.8) is 0 Å². The maximum atomic E-state index is 12.0. The number of benzene rings is 2. The van der Waals surface area contributed by atoms with Gasteiger partial charge in [0, 0.05) is 34.7 Å². The molecule has 2 atom stereocenters. The zero-order valence-corrected chi connectivity index (χ0v) is 18.8. The van der Waals surface area contributed by atoms with E-state index in [1.165, 1.54) is 44.6 Å². The van der Waals surface area contributed by atoms with Crippen molar-refractivity contribution in [1.82, 2.24) is 4.98 Å². The van der Waals surface area contributed by atoms with Crippen LogP contribution in [0.15, 0.2) is 58.2 Å². The average molecular weight is 475 g/mol. The maximum Gasteiger partial charge on any atom is 0.338 e. The monoisotopic (exact) mass is 474 g/mol. The van der Waals surface area contributed by atoms with Crippen LogP contribution in [0, 0.1) is 6.92 Å². The molecule has 2 unspecified atom stereocenters. The highest BCUT2D eigenvalue weighted by Crippen LogP contribution is 2.37. The molecule has 2 aromatic carbocycles. The first-order valence-electron chi connectivity index (χ1n) is 13.3. The molecule has 0 aliphatic heterocycles. The van der Waals surface area contributed by atoms with Crippen LogP contribution in [0.3, 0.4) is 0 Å². The van der Waals surface area contributed by atoms with Gasteiger partial charge in [0.25, 0.3) is 0 Å². The number of nitrogens with zero attached hydrogens (tertiary/aromatic N) is 1. The number of hydrogen-bond acceptors (Lipinski definition) is 8. The van der Waals surface area contributed by atoms with E-state index in [1.807, 2.05) is 0 Å². The molecule has 0 aliphatic carbocycles. The third-order valence-electron chi connectivity index (χ3n) is 4.93. The minimum absolute atomic E-state index is 0.140. The van der Waals surface area contributed by atoms with E-state index in [1.54, 1.807) is 11.4 Å². The smallest absolute Gasteiger partial charge is 0.338 e. The number of aromatic nitrogens is 1. The van der Waals surface area contributed by atoms with Crippen LogP contribution in [0.5, 0.6) is 5.75 Å². The molecule has 4 rings (SSSR count). The number of oxazole rings is 1. The zero-order valence-electron chi connectivity index (χ0n) is 25.0. The van der Waals surface area contributed by atoms with Crippen LogP contribution in [0.1, 0.15) is 32.7 Å². The van der Waals surface area contributed by atoms with Gasteiger partial charge in [0.1, 0.15) is 17.6 Å². The molecule has 0 amide bonds. The zero-order chi connectivity index (χ0) is 29.5. The third-order valence-corrected chi connectivity index (χ3v) is 5.89. The number of hydrogen-bond donors (Lipinski definition) is 1. The number of fused-ring (bicyclic) bond motifs is 1. The summed E-state index contributed by atoms with van der Waals surface area (Å²) in [6, 6.07) is 2.09. The number of aliphatic hydroxyl groups is 1. The Morgan fingerprint density at radius 3 is 2.79 bits per heavy atom. The summed E-state index contributed by atoms with van der Waals surface area (Å²) >= 11 is 1.27. The minimum atomic E-state index is -2.31. The summed E-state index contributed by atoms with van der Waals surface area (Å²) in [4.78, 5) is 16.3. The van der Waals surface area contributed by atoms with Crippen molar-refractivity contribution in [3.05, 3.63) is 70.8 Å². The number of thiophene rings is 1.